The molecule has 0 aliphatic heterocycles. The Morgan fingerprint density at radius 2 is 1.70 bits per heavy atom. The fourth-order valence-corrected chi connectivity index (χ4v) is 6.13. The first-order valence-corrected chi connectivity index (χ1v) is 14.0. The number of rotatable bonds is 12. The van der Waals surface area contributed by atoms with Gasteiger partial charge < -0.3 is 13.9 Å². The van der Waals surface area contributed by atoms with Crippen LogP contribution in [0.2, 0.25) is 0 Å². The lowest BCUT2D eigenvalue weighted by Crippen LogP contribution is -2.42. The highest BCUT2D eigenvalue weighted by molar-refractivity contribution is 8.09. The molecule has 1 atom stereocenters. The normalized spacial score (nSPS) is 14.6. The fraction of sp³-hybridized carbons (Fsp3) is 0.739. The standard InChI is InChI=1S/C23H42N3O2PS/c1-10-13-23(26(18(6)7)19(8)9)25-29(30,27-20(11-2)12-3)28-22-16-24-15-14-21(22)17(4)5/h14-20H,10-13H2,1-9H3. The van der Waals surface area contributed by atoms with Gasteiger partial charge >= 0.3 is 6.64 Å². The summed E-state index contributed by atoms with van der Waals surface area (Å²) in [7, 11) is 0. The number of hydrogen-bond donors (Lipinski definition) is 0. The van der Waals surface area contributed by atoms with Gasteiger partial charge in [0.05, 0.1) is 12.3 Å². The van der Waals surface area contributed by atoms with E-state index in [0.29, 0.717) is 23.8 Å². The van der Waals surface area contributed by atoms with E-state index in [1.807, 2.05) is 6.07 Å². The lowest BCUT2D eigenvalue weighted by Gasteiger charge is -2.35. The largest absolute Gasteiger partial charge is 0.426 e. The molecular weight excluding hydrogens is 413 g/mol. The van der Waals surface area contributed by atoms with Crippen LogP contribution in [0, 0.1) is 0 Å². The molecule has 0 saturated heterocycles. The average molecular weight is 456 g/mol. The molecule has 0 aliphatic rings. The van der Waals surface area contributed by atoms with Gasteiger partial charge in [-0.25, -0.2) is 0 Å². The summed E-state index contributed by atoms with van der Waals surface area (Å²) in [6.45, 7) is 16.4. The molecular formula is C23H42N3O2PS. The van der Waals surface area contributed by atoms with Gasteiger partial charge in [-0.2, -0.15) is 4.76 Å². The van der Waals surface area contributed by atoms with E-state index in [1.54, 1.807) is 12.4 Å². The monoisotopic (exact) mass is 455 g/mol. The summed E-state index contributed by atoms with van der Waals surface area (Å²) in [5.74, 6) is 1.95. The van der Waals surface area contributed by atoms with Crippen molar-refractivity contribution < 1.29 is 9.05 Å². The van der Waals surface area contributed by atoms with Gasteiger partial charge in [0, 0.05) is 42.1 Å². The molecule has 30 heavy (non-hydrogen) atoms. The number of nitrogens with zero attached hydrogens (tertiary/aromatic N) is 3. The van der Waals surface area contributed by atoms with Crippen molar-refractivity contribution in [3.05, 3.63) is 24.0 Å². The van der Waals surface area contributed by atoms with Gasteiger partial charge in [-0.15, -0.1) is 0 Å². The molecule has 172 valence electrons. The topological polar surface area (TPSA) is 47.0 Å². The predicted molar refractivity (Wildman–Crippen MR) is 133 cm³/mol. The highest BCUT2D eigenvalue weighted by Gasteiger charge is 2.29. The zero-order valence-corrected chi connectivity index (χ0v) is 22.1. The highest BCUT2D eigenvalue weighted by atomic mass is 32.5. The van der Waals surface area contributed by atoms with Gasteiger partial charge in [0.1, 0.15) is 11.6 Å². The van der Waals surface area contributed by atoms with E-state index >= 15 is 0 Å². The second-order valence-electron chi connectivity index (χ2n) is 8.53. The second kappa shape index (κ2) is 12.8. The summed E-state index contributed by atoms with van der Waals surface area (Å²) in [4.78, 5) is 6.60. The maximum absolute atomic E-state index is 6.44. The first-order chi connectivity index (χ1) is 14.1. The molecule has 1 aromatic rings. The van der Waals surface area contributed by atoms with Crippen LogP contribution >= 0.6 is 6.64 Å². The molecule has 0 amide bonds. The Bertz CT molecular complexity index is 710. The molecule has 0 spiro atoms. The quantitative estimate of drug-likeness (QED) is 0.188. The highest BCUT2D eigenvalue weighted by Crippen LogP contribution is 2.53. The molecule has 1 aromatic heterocycles. The Morgan fingerprint density at radius 1 is 1.10 bits per heavy atom. The van der Waals surface area contributed by atoms with Gasteiger partial charge in [-0.3, -0.25) is 4.98 Å². The summed E-state index contributed by atoms with van der Waals surface area (Å²) in [6.07, 6.45) is 7.13. The van der Waals surface area contributed by atoms with Gasteiger partial charge in [0.15, 0.2) is 0 Å². The molecule has 0 aliphatic carbocycles. The summed E-state index contributed by atoms with van der Waals surface area (Å²) < 4.78 is 17.9. The number of hydrogen-bond acceptors (Lipinski definition) is 4. The van der Waals surface area contributed by atoms with Gasteiger partial charge in [0.25, 0.3) is 0 Å². The smallest absolute Gasteiger partial charge is 0.363 e. The summed E-state index contributed by atoms with van der Waals surface area (Å²) in [5, 5.41) is 0. The Hall–Kier alpha value is -0.970. The van der Waals surface area contributed by atoms with Crippen molar-refractivity contribution in [2.45, 2.75) is 112 Å². The molecule has 0 saturated carbocycles. The maximum atomic E-state index is 6.44. The molecule has 5 nitrogen and oxygen atoms in total. The van der Waals surface area contributed by atoms with Crippen molar-refractivity contribution >= 4 is 24.3 Å². The SMILES string of the molecule is CCCC(=NP(=S)(Oc1cnccc1C(C)C)OC(CC)CC)N(C(C)C)C(C)C. The fourth-order valence-electron chi connectivity index (χ4n) is 3.55. The minimum Gasteiger partial charge on any atom is -0.426 e. The van der Waals surface area contributed by atoms with Crippen molar-refractivity contribution in [2.24, 2.45) is 4.76 Å². The van der Waals surface area contributed by atoms with Crippen LogP contribution in [0.15, 0.2) is 23.2 Å². The summed E-state index contributed by atoms with van der Waals surface area (Å²) in [5.41, 5.74) is 1.07. The van der Waals surface area contributed by atoms with E-state index in [4.69, 9.17) is 25.6 Å². The van der Waals surface area contributed by atoms with Crippen LogP contribution in [-0.4, -0.2) is 33.9 Å². The third kappa shape index (κ3) is 7.94. The van der Waals surface area contributed by atoms with Crippen LogP contribution in [-0.2, 0) is 16.3 Å². The van der Waals surface area contributed by atoms with Crippen molar-refractivity contribution in [1.29, 1.82) is 0 Å². The summed E-state index contributed by atoms with van der Waals surface area (Å²) in [6, 6.07) is 2.62. The maximum Gasteiger partial charge on any atom is 0.363 e. The van der Waals surface area contributed by atoms with E-state index in [0.717, 1.165) is 37.1 Å². The van der Waals surface area contributed by atoms with E-state index in [-0.39, 0.29) is 6.10 Å². The Labute approximate surface area is 189 Å². The van der Waals surface area contributed by atoms with Crippen LogP contribution in [0.1, 0.15) is 99.5 Å². The van der Waals surface area contributed by atoms with Gasteiger partial charge in [0.2, 0.25) is 0 Å². The van der Waals surface area contributed by atoms with Crippen LogP contribution in [0.4, 0.5) is 0 Å². The lowest BCUT2D eigenvalue weighted by molar-refractivity contribution is 0.193. The van der Waals surface area contributed by atoms with Crippen molar-refractivity contribution in [3.8, 4) is 5.75 Å². The van der Waals surface area contributed by atoms with Crippen LogP contribution in [0.5, 0.6) is 5.75 Å². The molecule has 0 N–H and O–H groups in total. The zero-order valence-electron chi connectivity index (χ0n) is 20.4. The molecule has 1 rings (SSSR count). The van der Waals surface area contributed by atoms with E-state index in [9.17, 15) is 0 Å². The molecule has 0 radical (unpaired) electrons. The minimum absolute atomic E-state index is 0.0215. The van der Waals surface area contributed by atoms with E-state index < -0.39 is 6.64 Å². The van der Waals surface area contributed by atoms with Gasteiger partial charge in [-0.05, 0) is 58.9 Å². The van der Waals surface area contributed by atoms with Crippen molar-refractivity contribution in [3.63, 3.8) is 0 Å². The minimum atomic E-state index is -2.98. The first kappa shape index (κ1) is 27.1. The molecule has 0 fully saturated rings. The van der Waals surface area contributed by atoms with Crippen molar-refractivity contribution in [1.82, 2.24) is 9.88 Å². The molecule has 1 unspecified atom stereocenters. The van der Waals surface area contributed by atoms with E-state index in [2.05, 4.69) is 72.2 Å². The first-order valence-electron chi connectivity index (χ1n) is 11.4. The lowest BCUT2D eigenvalue weighted by atomic mass is 10.0. The van der Waals surface area contributed by atoms with Crippen LogP contribution in [0.3, 0.4) is 0 Å². The van der Waals surface area contributed by atoms with E-state index in [1.165, 1.54) is 0 Å². The van der Waals surface area contributed by atoms with Crippen LogP contribution < -0.4 is 4.52 Å². The second-order valence-corrected chi connectivity index (χ2v) is 11.4. The molecule has 0 aromatic carbocycles. The third-order valence-corrected chi connectivity index (χ3v) is 7.16. The molecule has 1 heterocycles. The van der Waals surface area contributed by atoms with Crippen molar-refractivity contribution in [2.75, 3.05) is 0 Å². The Morgan fingerprint density at radius 3 is 2.17 bits per heavy atom. The average Bonchev–Trinajstić information content (AvgIpc) is 2.66. The van der Waals surface area contributed by atoms with Gasteiger partial charge in [-0.1, -0.05) is 34.6 Å². The number of aromatic nitrogens is 1. The third-order valence-electron chi connectivity index (χ3n) is 4.97. The predicted octanol–water partition coefficient (Wildman–Crippen LogP) is 7.33. The zero-order chi connectivity index (χ0) is 22.9. The summed E-state index contributed by atoms with van der Waals surface area (Å²) >= 11 is 6.05. The molecule has 7 heteroatoms. The Balaban J connectivity index is 3.52. The van der Waals surface area contributed by atoms with Crippen LogP contribution in [0.25, 0.3) is 0 Å². The number of amidine groups is 1. The molecule has 0 bridgehead atoms. The number of pyridine rings is 1. The Kier molecular flexibility index (Phi) is 11.5.